The van der Waals surface area contributed by atoms with Crippen LogP contribution in [0.1, 0.15) is 22.3 Å². The van der Waals surface area contributed by atoms with Crippen LogP contribution in [-0.2, 0) is 6.54 Å². The molecular weight excluding hydrogens is 318 g/mol. The van der Waals surface area contributed by atoms with Gasteiger partial charge in [-0.05, 0) is 24.6 Å². The van der Waals surface area contributed by atoms with Crippen LogP contribution in [0.15, 0.2) is 53.8 Å². The minimum Gasteiger partial charge on any atom is -0.477 e. The number of nitrogens with zero attached hydrogens (tertiary/aromatic N) is 3. The molecule has 0 spiro atoms. The van der Waals surface area contributed by atoms with Gasteiger partial charge >= 0.3 is 0 Å². The summed E-state index contributed by atoms with van der Waals surface area (Å²) < 4.78 is 5.75. The molecule has 6 nitrogen and oxygen atoms in total. The second-order valence-corrected chi connectivity index (χ2v) is 6.18. The number of carbonyl (C=O) groups excluding carboxylic acids is 1. The van der Waals surface area contributed by atoms with E-state index >= 15 is 0 Å². The van der Waals surface area contributed by atoms with Crippen LogP contribution in [0, 0.1) is 5.92 Å². The summed E-state index contributed by atoms with van der Waals surface area (Å²) in [7, 11) is 0. The first-order chi connectivity index (χ1) is 12.2. The van der Waals surface area contributed by atoms with Crippen LogP contribution in [0.5, 0.6) is 5.88 Å². The Morgan fingerprint density at radius 3 is 2.88 bits per heavy atom. The summed E-state index contributed by atoms with van der Waals surface area (Å²) in [6, 6.07) is 13.7. The summed E-state index contributed by atoms with van der Waals surface area (Å²) >= 11 is 0. The molecule has 1 aliphatic rings. The van der Waals surface area contributed by atoms with Crippen molar-refractivity contribution in [2.45, 2.75) is 13.0 Å². The van der Waals surface area contributed by atoms with Gasteiger partial charge in [-0.1, -0.05) is 35.5 Å². The lowest BCUT2D eigenvalue weighted by Gasteiger charge is -2.16. The van der Waals surface area contributed by atoms with Gasteiger partial charge in [0, 0.05) is 36.8 Å². The molecule has 130 valence electrons. The highest BCUT2D eigenvalue weighted by atomic mass is 16.5. The average molecular weight is 339 g/mol. The van der Waals surface area contributed by atoms with E-state index in [1.807, 2.05) is 6.07 Å². The summed E-state index contributed by atoms with van der Waals surface area (Å²) in [5, 5.41) is 11.1. The van der Waals surface area contributed by atoms with Crippen molar-refractivity contribution in [3.8, 4) is 5.88 Å². The van der Waals surface area contributed by atoms with Crippen molar-refractivity contribution in [3.63, 3.8) is 0 Å². The quantitative estimate of drug-likeness (QED) is 0.363. The minimum absolute atomic E-state index is 0.361. The predicted octanol–water partition coefficient (Wildman–Crippen LogP) is 2.63. The molecule has 0 aliphatic carbocycles. The number of Topliss-reactive ketones (excluding diaryl/α,β-unsaturated/α-hetero) is 1. The first-order valence-corrected chi connectivity index (χ1v) is 8.31. The fourth-order valence-electron chi connectivity index (χ4n) is 2.98. The lowest BCUT2D eigenvalue weighted by molar-refractivity contribution is 0.106. The van der Waals surface area contributed by atoms with Crippen LogP contribution in [0.2, 0.25) is 0 Å². The molecule has 1 aromatic carbocycles. The average Bonchev–Trinajstić information content (AvgIpc) is 3.09. The molecule has 0 saturated carbocycles. The summed E-state index contributed by atoms with van der Waals surface area (Å²) in [6.07, 6.45) is 3.38. The molecule has 1 N–H and O–H groups in total. The van der Waals surface area contributed by atoms with E-state index < -0.39 is 5.78 Å². The molecule has 1 fully saturated rings. The van der Waals surface area contributed by atoms with Gasteiger partial charge in [-0.15, -0.1) is 0 Å². The highest BCUT2D eigenvalue weighted by molar-refractivity contribution is 6.35. The number of hydrogen-bond acceptors (Lipinski definition) is 6. The van der Waals surface area contributed by atoms with Crippen molar-refractivity contribution in [2.75, 3.05) is 19.7 Å². The topological polar surface area (TPSA) is 75.0 Å². The Kier molecular flexibility index (Phi) is 5.74. The van der Waals surface area contributed by atoms with Gasteiger partial charge in [-0.2, -0.15) is 0 Å². The van der Waals surface area contributed by atoms with Crippen LogP contribution in [-0.4, -0.2) is 46.8 Å². The van der Waals surface area contributed by atoms with Gasteiger partial charge in [-0.25, -0.2) is 4.98 Å². The van der Waals surface area contributed by atoms with E-state index in [2.05, 4.69) is 39.3 Å². The maximum atomic E-state index is 11.5. The van der Waals surface area contributed by atoms with Crippen molar-refractivity contribution in [1.82, 2.24) is 9.88 Å². The number of ketones is 1. The number of rotatable bonds is 7. The van der Waals surface area contributed by atoms with Gasteiger partial charge < -0.3 is 9.94 Å². The molecule has 1 aliphatic heterocycles. The number of pyridine rings is 1. The molecule has 0 bridgehead atoms. The Hall–Kier alpha value is -2.73. The Morgan fingerprint density at radius 1 is 1.32 bits per heavy atom. The maximum Gasteiger partial charge on any atom is 0.213 e. The molecule has 6 heteroatoms. The van der Waals surface area contributed by atoms with E-state index in [1.54, 1.807) is 12.1 Å². The molecule has 25 heavy (non-hydrogen) atoms. The van der Waals surface area contributed by atoms with Crippen LogP contribution in [0.25, 0.3) is 0 Å². The zero-order valence-corrected chi connectivity index (χ0v) is 13.9. The first-order valence-electron chi connectivity index (χ1n) is 8.31. The van der Waals surface area contributed by atoms with E-state index in [0.717, 1.165) is 32.3 Å². The van der Waals surface area contributed by atoms with Crippen LogP contribution in [0.4, 0.5) is 0 Å². The second kappa shape index (κ2) is 8.39. The third kappa shape index (κ3) is 4.87. The van der Waals surface area contributed by atoms with Crippen molar-refractivity contribution in [1.29, 1.82) is 0 Å². The fourth-order valence-corrected chi connectivity index (χ4v) is 2.98. The predicted molar refractivity (Wildman–Crippen MR) is 94.2 cm³/mol. The zero-order valence-electron chi connectivity index (χ0n) is 13.9. The highest BCUT2D eigenvalue weighted by Crippen LogP contribution is 2.20. The number of likely N-dealkylation sites (tertiary alicyclic amines) is 1. The molecule has 0 amide bonds. The summed E-state index contributed by atoms with van der Waals surface area (Å²) in [5.41, 5.74) is 1.69. The zero-order chi connectivity index (χ0) is 17.5. The van der Waals surface area contributed by atoms with E-state index in [1.165, 1.54) is 11.8 Å². The molecule has 2 aromatic rings. The normalized spacial score (nSPS) is 17.8. The van der Waals surface area contributed by atoms with E-state index in [-0.39, 0.29) is 0 Å². The van der Waals surface area contributed by atoms with Gasteiger partial charge in [-0.3, -0.25) is 9.69 Å². The summed E-state index contributed by atoms with van der Waals surface area (Å²) in [4.78, 5) is 18.1. The Labute approximate surface area is 146 Å². The highest BCUT2D eigenvalue weighted by Gasteiger charge is 2.23. The molecule has 1 unspecified atom stereocenters. The number of ether oxygens (including phenoxy) is 1. The molecule has 1 saturated heterocycles. The minimum atomic E-state index is -0.395. The molecule has 3 rings (SSSR count). The second-order valence-electron chi connectivity index (χ2n) is 6.18. The van der Waals surface area contributed by atoms with E-state index in [0.29, 0.717) is 24.0 Å². The summed E-state index contributed by atoms with van der Waals surface area (Å²) in [6.45, 7) is 3.67. The largest absolute Gasteiger partial charge is 0.477 e. The molecule has 1 atom stereocenters. The van der Waals surface area contributed by atoms with Gasteiger partial charge in [0.1, 0.15) is 6.21 Å². The van der Waals surface area contributed by atoms with Gasteiger partial charge in [0.05, 0.1) is 6.61 Å². The Balaban J connectivity index is 1.45. The van der Waals surface area contributed by atoms with Crippen LogP contribution < -0.4 is 4.74 Å². The van der Waals surface area contributed by atoms with E-state index in [4.69, 9.17) is 9.94 Å². The third-order valence-corrected chi connectivity index (χ3v) is 4.28. The molecular formula is C19H21N3O3. The lowest BCUT2D eigenvalue weighted by atomic mass is 10.1. The fraction of sp³-hybridized carbons (Fsp3) is 0.316. The number of benzene rings is 1. The number of hydrogen-bond donors (Lipinski definition) is 1. The first kappa shape index (κ1) is 17.1. The SMILES string of the molecule is O=C(C=NO)c1ccc(OCC2CCN(Cc3ccccc3)C2)nc1. The third-order valence-electron chi connectivity index (χ3n) is 4.28. The molecule has 1 aromatic heterocycles. The lowest BCUT2D eigenvalue weighted by Crippen LogP contribution is -2.22. The maximum absolute atomic E-state index is 11.5. The number of carbonyl (C=O) groups is 1. The Morgan fingerprint density at radius 2 is 2.16 bits per heavy atom. The van der Waals surface area contributed by atoms with E-state index in [9.17, 15) is 4.79 Å². The van der Waals surface area contributed by atoms with Crippen LogP contribution in [0.3, 0.4) is 0 Å². The van der Waals surface area contributed by atoms with Gasteiger partial charge in [0.2, 0.25) is 11.7 Å². The smallest absolute Gasteiger partial charge is 0.213 e. The monoisotopic (exact) mass is 339 g/mol. The van der Waals surface area contributed by atoms with Crippen molar-refractivity contribution in [3.05, 3.63) is 59.8 Å². The van der Waals surface area contributed by atoms with Crippen molar-refractivity contribution < 1.29 is 14.7 Å². The molecule has 2 heterocycles. The van der Waals surface area contributed by atoms with Crippen molar-refractivity contribution in [2.24, 2.45) is 11.1 Å². The van der Waals surface area contributed by atoms with Gasteiger partial charge in [0.25, 0.3) is 0 Å². The van der Waals surface area contributed by atoms with Crippen LogP contribution >= 0.6 is 0 Å². The molecule has 0 radical (unpaired) electrons. The number of oxime groups is 1. The number of aromatic nitrogens is 1. The summed E-state index contributed by atoms with van der Waals surface area (Å²) in [5.74, 6) is 0.584. The Bertz CT molecular complexity index is 716. The standard InChI is InChI=1S/C19H21N3O3/c23-18(11-21-24)17-6-7-19(20-10-17)25-14-16-8-9-22(13-16)12-15-4-2-1-3-5-15/h1-7,10-11,16,24H,8-9,12-14H2. The van der Waals surface area contributed by atoms with Gasteiger partial charge in [0.15, 0.2) is 0 Å². The van der Waals surface area contributed by atoms with Crippen molar-refractivity contribution >= 4 is 12.0 Å².